The highest BCUT2D eigenvalue weighted by molar-refractivity contribution is 5.90. The van der Waals surface area contributed by atoms with Crippen LogP contribution in [0.3, 0.4) is 0 Å². The largest absolute Gasteiger partial charge is 0.492 e. The van der Waals surface area contributed by atoms with E-state index in [4.69, 9.17) is 4.74 Å². The quantitative estimate of drug-likeness (QED) is 0.828. The third kappa shape index (κ3) is 4.77. The van der Waals surface area contributed by atoms with Crippen LogP contribution in [-0.2, 0) is 0 Å². The minimum Gasteiger partial charge on any atom is -0.492 e. The fraction of sp³-hybridized carbons (Fsp3) is 0.235. The van der Waals surface area contributed by atoms with Crippen LogP contribution in [-0.4, -0.2) is 19.2 Å². The zero-order valence-corrected chi connectivity index (χ0v) is 12.7. The molecule has 5 heteroatoms. The van der Waals surface area contributed by atoms with Gasteiger partial charge in [-0.2, -0.15) is 0 Å². The monoisotopic (exact) mass is 302 g/mol. The fourth-order valence-electron chi connectivity index (χ4n) is 1.90. The van der Waals surface area contributed by atoms with Gasteiger partial charge in [0.2, 0.25) is 0 Å². The third-order valence-corrected chi connectivity index (χ3v) is 3.11. The topological polar surface area (TPSA) is 50.4 Å². The van der Waals surface area contributed by atoms with Crippen molar-refractivity contribution in [2.24, 2.45) is 0 Å². The van der Waals surface area contributed by atoms with E-state index in [1.54, 1.807) is 12.1 Å². The van der Waals surface area contributed by atoms with Crippen LogP contribution in [0.1, 0.15) is 11.1 Å². The van der Waals surface area contributed by atoms with Gasteiger partial charge in [-0.1, -0.05) is 12.1 Å². The number of ether oxygens (including phenoxy) is 1. The third-order valence-electron chi connectivity index (χ3n) is 3.11. The van der Waals surface area contributed by atoms with Crippen LogP contribution in [0.2, 0.25) is 0 Å². The summed E-state index contributed by atoms with van der Waals surface area (Å²) in [7, 11) is 0. The lowest BCUT2D eigenvalue weighted by Crippen LogP contribution is -2.32. The van der Waals surface area contributed by atoms with Crippen molar-refractivity contribution in [3.8, 4) is 5.75 Å². The Morgan fingerprint density at radius 2 is 1.86 bits per heavy atom. The molecule has 0 aliphatic carbocycles. The van der Waals surface area contributed by atoms with Crippen molar-refractivity contribution in [2.45, 2.75) is 13.8 Å². The van der Waals surface area contributed by atoms with E-state index >= 15 is 0 Å². The molecule has 0 unspecified atom stereocenters. The van der Waals surface area contributed by atoms with Gasteiger partial charge in [0.15, 0.2) is 0 Å². The number of urea groups is 1. The Morgan fingerprint density at radius 1 is 1.14 bits per heavy atom. The summed E-state index contributed by atoms with van der Waals surface area (Å²) >= 11 is 0. The van der Waals surface area contributed by atoms with E-state index in [0.717, 1.165) is 16.8 Å². The van der Waals surface area contributed by atoms with Gasteiger partial charge < -0.3 is 15.4 Å². The molecular formula is C17H19FN2O2. The highest BCUT2D eigenvalue weighted by Gasteiger charge is 2.04. The normalized spacial score (nSPS) is 10.1. The molecule has 0 saturated carbocycles. The highest BCUT2D eigenvalue weighted by Crippen LogP contribution is 2.16. The second kappa shape index (κ2) is 7.45. The van der Waals surface area contributed by atoms with Crippen LogP contribution in [0, 0.1) is 19.7 Å². The summed E-state index contributed by atoms with van der Waals surface area (Å²) in [5.41, 5.74) is 2.88. The number of benzene rings is 2. The van der Waals surface area contributed by atoms with E-state index in [-0.39, 0.29) is 11.8 Å². The maximum atomic E-state index is 12.7. The summed E-state index contributed by atoms with van der Waals surface area (Å²) in [6.07, 6.45) is 0. The van der Waals surface area contributed by atoms with E-state index in [1.807, 2.05) is 32.0 Å². The molecule has 2 amide bonds. The Bertz CT molecular complexity index is 642. The molecule has 0 aromatic heterocycles. The molecular weight excluding hydrogens is 283 g/mol. The first-order valence-electron chi connectivity index (χ1n) is 7.05. The molecule has 0 fully saturated rings. The molecule has 0 radical (unpaired) electrons. The Labute approximate surface area is 129 Å². The Kier molecular flexibility index (Phi) is 5.36. The standard InChI is InChI=1S/C17H19FN2O2/c1-12-3-4-13(2)16(11-12)20-17(21)19-9-10-22-15-7-5-14(18)6-8-15/h3-8,11H,9-10H2,1-2H3,(H2,19,20,21). The smallest absolute Gasteiger partial charge is 0.319 e. The summed E-state index contributed by atoms with van der Waals surface area (Å²) in [5.74, 6) is 0.261. The van der Waals surface area contributed by atoms with Crippen LogP contribution in [0.5, 0.6) is 5.75 Å². The predicted octanol–water partition coefficient (Wildman–Crippen LogP) is 3.64. The van der Waals surface area contributed by atoms with Crippen LogP contribution in [0.15, 0.2) is 42.5 Å². The lowest BCUT2D eigenvalue weighted by atomic mass is 10.1. The van der Waals surface area contributed by atoms with Gasteiger partial charge in [0, 0.05) is 5.69 Å². The minimum atomic E-state index is -0.307. The summed E-state index contributed by atoms with van der Waals surface area (Å²) in [5, 5.41) is 5.51. The van der Waals surface area contributed by atoms with Crippen molar-refractivity contribution < 1.29 is 13.9 Å². The molecule has 4 nitrogen and oxygen atoms in total. The first kappa shape index (κ1) is 15.8. The average Bonchev–Trinajstić information content (AvgIpc) is 2.49. The second-order valence-electron chi connectivity index (χ2n) is 5.00. The molecule has 0 heterocycles. The van der Waals surface area contributed by atoms with Gasteiger partial charge in [0.05, 0.1) is 6.54 Å². The number of carbonyl (C=O) groups excluding carboxylic acids is 1. The first-order valence-corrected chi connectivity index (χ1v) is 7.05. The van der Waals surface area contributed by atoms with Crippen LogP contribution in [0.4, 0.5) is 14.9 Å². The van der Waals surface area contributed by atoms with Crippen molar-refractivity contribution in [1.82, 2.24) is 5.32 Å². The van der Waals surface area contributed by atoms with E-state index in [9.17, 15) is 9.18 Å². The van der Waals surface area contributed by atoms with Gasteiger partial charge in [-0.05, 0) is 55.3 Å². The average molecular weight is 302 g/mol. The van der Waals surface area contributed by atoms with Gasteiger partial charge in [0.25, 0.3) is 0 Å². The Morgan fingerprint density at radius 3 is 2.59 bits per heavy atom. The van der Waals surface area contributed by atoms with Crippen molar-refractivity contribution in [3.63, 3.8) is 0 Å². The van der Waals surface area contributed by atoms with Gasteiger partial charge in [-0.25, -0.2) is 9.18 Å². The van der Waals surface area contributed by atoms with Crippen molar-refractivity contribution in [2.75, 3.05) is 18.5 Å². The number of carbonyl (C=O) groups is 1. The van der Waals surface area contributed by atoms with Crippen molar-refractivity contribution >= 4 is 11.7 Å². The second-order valence-corrected chi connectivity index (χ2v) is 5.00. The summed E-state index contributed by atoms with van der Waals surface area (Å²) < 4.78 is 18.1. The molecule has 0 atom stereocenters. The summed E-state index contributed by atoms with van der Waals surface area (Å²) in [6.45, 7) is 4.58. The van der Waals surface area contributed by atoms with E-state index < -0.39 is 0 Å². The zero-order valence-electron chi connectivity index (χ0n) is 12.7. The number of rotatable bonds is 5. The lowest BCUT2D eigenvalue weighted by molar-refractivity contribution is 0.247. The lowest BCUT2D eigenvalue weighted by Gasteiger charge is -2.11. The molecule has 2 rings (SSSR count). The number of aryl methyl sites for hydroxylation is 2. The molecule has 116 valence electrons. The minimum absolute atomic E-state index is 0.281. The molecule has 2 aromatic rings. The van der Waals surface area contributed by atoms with Crippen molar-refractivity contribution in [1.29, 1.82) is 0 Å². The first-order chi connectivity index (χ1) is 10.5. The molecule has 22 heavy (non-hydrogen) atoms. The van der Waals surface area contributed by atoms with Crippen molar-refractivity contribution in [3.05, 3.63) is 59.4 Å². The Hall–Kier alpha value is -2.56. The van der Waals surface area contributed by atoms with Gasteiger partial charge >= 0.3 is 6.03 Å². The molecule has 2 N–H and O–H groups in total. The number of anilines is 1. The Balaban J connectivity index is 1.74. The highest BCUT2D eigenvalue weighted by atomic mass is 19.1. The van der Waals surface area contributed by atoms with Crippen LogP contribution in [0.25, 0.3) is 0 Å². The van der Waals surface area contributed by atoms with Crippen LogP contribution < -0.4 is 15.4 Å². The summed E-state index contributed by atoms with van der Waals surface area (Å²) in [6, 6.07) is 11.3. The molecule has 0 saturated heterocycles. The van der Waals surface area contributed by atoms with E-state index in [1.165, 1.54) is 12.1 Å². The maximum absolute atomic E-state index is 12.7. The summed E-state index contributed by atoms with van der Waals surface area (Å²) in [4.78, 5) is 11.8. The predicted molar refractivity (Wildman–Crippen MR) is 84.8 cm³/mol. The molecule has 0 bridgehead atoms. The van der Waals surface area contributed by atoms with Gasteiger partial charge in [-0.3, -0.25) is 0 Å². The molecule has 0 spiro atoms. The van der Waals surface area contributed by atoms with E-state index in [0.29, 0.717) is 18.9 Å². The van der Waals surface area contributed by atoms with E-state index in [2.05, 4.69) is 10.6 Å². The fourth-order valence-corrected chi connectivity index (χ4v) is 1.90. The van der Waals surface area contributed by atoms with Crippen LogP contribution >= 0.6 is 0 Å². The van der Waals surface area contributed by atoms with Gasteiger partial charge in [-0.15, -0.1) is 0 Å². The number of hydrogen-bond donors (Lipinski definition) is 2. The number of hydrogen-bond acceptors (Lipinski definition) is 2. The SMILES string of the molecule is Cc1ccc(C)c(NC(=O)NCCOc2ccc(F)cc2)c1. The van der Waals surface area contributed by atoms with Gasteiger partial charge in [0.1, 0.15) is 18.2 Å². The zero-order chi connectivity index (χ0) is 15.9. The molecule has 0 aliphatic rings. The number of halogens is 1. The molecule has 2 aromatic carbocycles. The maximum Gasteiger partial charge on any atom is 0.319 e. The number of nitrogens with one attached hydrogen (secondary N) is 2. The number of amides is 2. The molecule has 0 aliphatic heterocycles.